The summed E-state index contributed by atoms with van der Waals surface area (Å²) in [4.78, 5) is 18.1. The van der Waals surface area contributed by atoms with Crippen molar-refractivity contribution in [1.29, 1.82) is 0 Å². The molecule has 0 saturated heterocycles. The highest BCUT2D eigenvalue weighted by molar-refractivity contribution is 9.10. The van der Waals surface area contributed by atoms with E-state index in [1.165, 1.54) is 0 Å². The smallest absolute Gasteiger partial charge is 0.234 e. The molecule has 110 valence electrons. The fourth-order valence-electron chi connectivity index (χ4n) is 1.82. The molecule has 0 aliphatic heterocycles. The van der Waals surface area contributed by atoms with Gasteiger partial charge in [0, 0.05) is 17.7 Å². The van der Waals surface area contributed by atoms with Crippen molar-refractivity contribution in [3.05, 3.63) is 53.1 Å². The number of pyridine rings is 1. The second-order valence-electron chi connectivity index (χ2n) is 4.76. The van der Waals surface area contributed by atoms with E-state index in [1.54, 1.807) is 24.2 Å². The van der Waals surface area contributed by atoms with E-state index in [-0.39, 0.29) is 11.8 Å². The molecule has 0 aliphatic carbocycles. The summed E-state index contributed by atoms with van der Waals surface area (Å²) in [5, 5.41) is 0. The predicted octanol–water partition coefficient (Wildman–Crippen LogP) is 3.52. The van der Waals surface area contributed by atoms with Gasteiger partial charge in [0.1, 0.15) is 11.6 Å². The fraction of sp³-hybridized carbons (Fsp3) is 0.250. The number of para-hydroxylation sites is 1. The van der Waals surface area contributed by atoms with Gasteiger partial charge in [0.2, 0.25) is 5.91 Å². The molecule has 2 rings (SSSR count). The summed E-state index contributed by atoms with van der Waals surface area (Å²) < 4.78 is 6.50. The zero-order valence-electron chi connectivity index (χ0n) is 12.0. The molecule has 5 heteroatoms. The lowest BCUT2D eigenvalue weighted by Gasteiger charge is -2.20. The third-order valence-corrected chi connectivity index (χ3v) is 3.52. The highest BCUT2D eigenvalue weighted by Gasteiger charge is 2.20. The van der Waals surface area contributed by atoms with E-state index in [2.05, 4.69) is 20.9 Å². The van der Waals surface area contributed by atoms with Crippen LogP contribution in [0.5, 0.6) is 5.75 Å². The molecule has 4 nitrogen and oxygen atoms in total. The molecule has 1 unspecified atom stereocenters. The van der Waals surface area contributed by atoms with Gasteiger partial charge in [-0.25, -0.2) is 4.98 Å². The molecule has 0 N–H and O–H groups in total. The standard InChI is InChI=1S/C16H17BrN2O2/c1-12(11-21-14-6-4-3-5-7-14)16(20)19(2)15-9-8-13(17)10-18-15/h3-10,12H,11H2,1-2H3. The first-order valence-corrected chi connectivity index (χ1v) is 7.44. The van der Waals surface area contributed by atoms with Crippen LogP contribution < -0.4 is 9.64 Å². The number of anilines is 1. The van der Waals surface area contributed by atoms with Crippen LogP contribution in [-0.2, 0) is 4.79 Å². The summed E-state index contributed by atoms with van der Waals surface area (Å²) in [5.74, 6) is 1.11. The van der Waals surface area contributed by atoms with E-state index in [0.717, 1.165) is 10.2 Å². The summed E-state index contributed by atoms with van der Waals surface area (Å²) >= 11 is 3.33. The lowest BCUT2D eigenvalue weighted by molar-refractivity contribution is -0.122. The first-order chi connectivity index (χ1) is 10.1. The maximum atomic E-state index is 12.3. The molecule has 0 saturated carbocycles. The minimum absolute atomic E-state index is 0.0271. The van der Waals surface area contributed by atoms with Gasteiger partial charge in [0.15, 0.2) is 0 Å². The van der Waals surface area contributed by atoms with E-state index in [1.807, 2.05) is 43.3 Å². The number of halogens is 1. The minimum Gasteiger partial charge on any atom is -0.493 e. The Balaban J connectivity index is 1.94. The van der Waals surface area contributed by atoms with Crippen LogP contribution in [0.1, 0.15) is 6.92 Å². The molecule has 21 heavy (non-hydrogen) atoms. The van der Waals surface area contributed by atoms with Gasteiger partial charge in [0.05, 0.1) is 12.5 Å². The average molecular weight is 349 g/mol. The van der Waals surface area contributed by atoms with Crippen LogP contribution in [0.15, 0.2) is 53.1 Å². The van der Waals surface area contributed by atoms with E-state index in [4.69, 9.17) is 4.74 Å². The Bertz CT molecular complexity index is 587. The van der Waals surface area contributed by atoms with Crippen LogP contribution in [0.3, 0.4) is 0 Å². The van der Waals surface area contributed by atoms with Crippen molar-refractivity contribution in [2.24, 2.45) is 5.92 Å². The second kappa shape index (κ2) is 7.22. The molecule has 0 bridgehead atoms. The first kappa shape index (κ1) is 15.5. The van der Waals surface area contributed by atoms with E-state index < -0.39 is 0 Å². The second-order valence-corrected chi connectivity index (χ2v) is 5.67. The van der Waals surface area contributed by atoms with Crippen molar-refractivity contribution in [2.75, 3.05) is 18.6 Å². The van der Waals surface area contributed by atoms with Crippen molar-refractivity contribution in [3.63, 3.8) is 0 Å². The number of rotatable bonds is 5. The summed E-state index contributed by atoms with van der Waals surface area (Å²) in [7, 11) is 1.72. The van der Waals surface area contributed by atoms with Gasteiger partial charge < -0.3 is 4.74 Å². The summed E-state index contributed by atoms with van der Waals surface area (Å²) in [5.41, 5.74) is 0. The van der Waals surface area contributed by atoms with Crippen molar-refractivity contribution in [1.82, 2.24) is 4.98 Å². The molecule has 1 aromatic carbocycles. The Kier molecular flexibility index (Phi) is 5.33. The number of hydrogen-bond acceptors (Lipinski definition) is 3. The van der Waals surface area contributed by atoms with Crippen LogP contribution in [0.4, 0.5) is 5.82 Å². The van der Waals surface area contributed by atoms with E-state index in [9.17, 15) is 4.79 Å². The van der Waals surface area contributed by atoms with Gasteiger partial charge in [-0.15, -0.1) is 0 Å². The molecule has 0 spiro atoms. The van der Waals surface area contributed by atoms with Crippen LogP contribution in [0, 0.1) is 5.92 Å². The molecular weight excluding hydrogens is 332 g/mol. The zero-order valence-corrected chi connectivity index (χ0v) is 13.6. The molecule has 1 atom stereocenters. The van der Waals surface area contributed by atoms with Gasteiger partial charge in [-0.1, -0.05) is 25.1 Å². The van der Waals surface area contributed by atoms with Gasteiger partial charge in [-0.05, 0) is 40.2 Å². The van der Waals surface area contributed by atoms with Crippen molar-refractivity contribution in [3.8, 4) is 5.75 Å². The number of carbonyl (C=O) groups excluding carboxylic acids is 1. The Morgan fingerprint density at radius 3 is 2.62 bits per heavy atom. The minimum atomic E-state index is -0.249. The highest BCUT2D eigenvalue weighted by atomic mass is 79.9. The maximum Gasteiger partial charge on any atom is 0.234 e. The van der Waals surface area contributed by atoms with Crippen molar-refractivity contribution < 1.29 is 9.53 Å². The van der Waals surface area contributed by atoms with Crippen molar-refractivity contribution >= 4 is 27.7 Å². The van der Waals surface area contributed by atoms with Gasteiger partial charge in [-0.2, -0.15) is 0 Å². The topological polar surface area (TPSA) is 42.4 Å². The molecule has 0 radical (unpaired) electrons. The third kappa shape index (κ3) is 4.29. The summed E-state index contributed by atoms with van der Waals surface area (Å²) in [6.45, 7) is 2.18. The van der Waals surface area contributed by atoms with E-state index in [0.29, 0.717) is 12.4 Å². The quantitative estimate of drug-likeness (QED) is 0.830. The fourth-order valence-corrected chi connectivity index (χ4v) is 2.05. The Morgan fingerprint density at radius 1 is 1.29 bits per heavy atom. The van der Waals surface area contributed by atoms with Crippen LogP contribution in [0.2, 0.25) is 0 Å². The molecule has 0 fully saturated rings. The summed E-state index contributed by atoms with van der Waals surface area (Å²) in [6.07, 6.45) is 1.67. The molecule has 1 aromatic heterocycles. The monoisotopic (exact) mass is 348 g/mol. The lowest BCUT2D eigenvalue weighted by atomic mass is 10.1. The maximum absolute atomic E-state index is 12.3. The zero-order chi connectivity index (χ0) is 15.2. The summed E-state index contributed by atoms with van der Waals surface area (Å²) in [6, 6.07) is 13.1. The number of aromatic nitrogens is 1. The average Bonchev–Trinajstić information content (AvgIpc) is 2.53. The SMILES string of the molecule is CC(COc1ccccc1)C(=O)N(C)c1ccc(Br)cn1. The van der Waals surface area contributed by atoms with Gasteiger partial charge in [0.25, 0.3) is 0 Å². The number of hydrogen-bond donors (Lipinski definition) is 0. The van der Waals surface area contributed by atoms with Crippen LogP contribution >= 0.6 is 15.9 Å². The van der Waals surface area contributed by atoms with Crippen LogP contribution in [0.25, 0.3) is 0 Å². The third-order valence-electron chi connectivity index (χ3n) is 3.05. The Hall–Kier alpha value is -1.88. The van der Waals surface area contributed by atoms with Crippen LogP contribution in [-0.4, -0.2) is 24.5 Å². The first-order valence-electron chi connectivity index (χ1n) is 6.65. The van der Waals surface area contributed by atoms with E-state index >= 15 is 0 Å². The normalized spacial score (nSPS) is 11.8. The number of ether oxygens (including phenoxy) is 1. The highest BCUT2D eigenvalue weighted by Crippen LogP contribution is 2.16. The largest absolute Gasteiger partial charge is 0.493 e. The molecular formula is C16H17BrN2O2. The molecule has 1 heterocycles. The number of benzene rings is 1. The number of amides is 1. The lowest BCUT2D eigenvalue weighted by Crippen LogP contribution is -2.34. The Morgan fingerprint density at radius 2 is 2.00 bits per heavy atom. The molecule has 1 amide bonds. The molecule has 2 aromatic rings. The van der Waals surface area contributed by atoms with Crippen molar-refractivity contribution in [2.45, 2.75) is 6.92 Å². The number of carbonyl (C=O) groups is 1. The van der Waals surface area contributed by atoms with Gasteiger partial charge in [-0.3, -0.25) is 9.69 Å². The number of nitrogens with zero attached hydrogens (tertiary/aromatic N) is 2. The molecule has 0 aliphatic rings. The Labute approximate surface area is 132 Å². The predicted molar refractivity (Wildman–Crippen MR) is 86.4 cm³/mol. The van der Waals surface area contributed by atoms with Gasteiger partial charge >= 0.3 is 0 Å².